The Balaban J connectivity index is 2.04. The van der Waals surface area contributed by atoms with Crippen LogP contribution in [-0.4, -0.2) is 52.1 Å². The Morgan fingerprint density at radius 1 is 1.29 bits per heavy atom. The van der Waals surface area contributed by atoms with Crippen LogP contribution in [-0.2, 0) is 19.6 Å². The molecular formula is C14H20N2O4S. The third kappa shape index (κ3) is 4.03. The van der Waals surface area contributed by atoms with Crippen molar-refractivity contribution in [2.75, 3.05) is 32.8 Å². The molecule has 116 valence electrons. The Labute approximate surface area is 125 Å². The zero-order valence-corrected chi connectivity index (χ0v) is 13.1. The maximum Gasteiger partial charge on any atom is 0.241 e. The second-order valence-electron chi connectivity index (χ2n) is 5.09. The van der Waals surface area contributed by atoms with Gasteiger partial charge in [-0.1, -0.05) is 12.1 Å². The number of hydrogen-bond acceptors (Lipinski definition) is 4. The Bertz CT molecular complexity index is 622. The van der Waals surface area contributed by atoms with E-state index in [0.29, 0.717) is 31.9 Å². The van der Waals surface area contributed by atoms with Gasteiger partial charge in [0.2, 0.25) is 15.9 Å². The second-order valence-corrected chi connectivity index (χ2v) is 6.82. The van der Waals surface area contributed by atoms with Gasteiger partial charge in [-0.05, 0) is 31.0 Å². The minimum Gasteiger partial charge on any atom is -0.378 e. The van der Waals surface area contributed by atoms with Crippen molar-refractivity contribution in [1.82, 2.24) is 9.62 Å². The van der Waals surface area contributed by atoms with Crippen LogP contribution in [0.2, 0.25) is 0 Å². The van der Waals surface area contributed by atoms with Crippen LogP contribution in [0.3, 0.4) is 0 Å². The van der Waals surface area contributed by atoms with Gasteiger partial charge in [0, 0.05) is 13.1 Å². The Kier molecular flexibility index (Phi) is 4.97. The van der Waals surface area contributed by atoms with Crippen molar-refractivity contribution >= 4 is 15.9 Å². The molecule has 0 saturated carbocycles. The molecule has 1 aliphatic rings. The molecule has 21 heavy (non-hydrogen) atoms. The quantitative estimate of drug-likeness (QED) is 0.875. The number of morpholine rings is 1. The van der Waals surface area contributed by atoms with E-state index in [1.165, 1.54) is 0 Å². The third-order valence-corrected chi connectivity index (χ3v) is 4.95. The average Bonchev–Trinajstić information content (AvgIpc) is 2.48. The van der Waals surface area contributed by atoms with Gasteiger partial charge in [0.05, 0.1) is 24.7 Å². The van der Waals surface area contributed by atoms with Crippen LogP contribution >= 0.6 is 0 Å². The molecule has 0 aliphatic carbocycles. The van der Waals surface area contributed by atoms with E-state index in [1.54, 1.807) is 24.0 Å². The molecule has 0 radical (unpaired) electrons. The Hall–Kier alpha value is -1.44. The molecule has 7 heteroatoms. The molecule has 0 bridgehead atoms. The summed E-state index contributed by atoms with van der Waals surface area (Å²) in [7, 11) is -3.68. The van der Waals surface area contributed by atoms with E-state index in [2.05, 4.69) is 4.72 Å². The van der Waals surface area contributed by atoms with Gasteiger partial charge in [0.25, 0.3) is 0 Å². The van der Waals surface area contributed by atoms with Gasteiger partial charge < -0.3 is 9.64 Å². The first-order valence-electron chi connectivity index (χ1n) is 6.82. The first-order valence-corrected chi connectivity index (χ1v) is 8.31. The fourth-order valence-electron chi connectivity index (χ4n) is 2.16. The van der Waals surface area contributed by atoms with E-state index in [-0.39, 0.29) is 17.3 Å². The van der Waals surface area contributed by atoms with E-state index in [9.17, 15) is 13.2 Å². The minimum atomic E-state index is -3.68. The van der Waals surface area contributed by atoms with Crippen molar-refractivity contribution in [2.45, 2.75) is 18.7 Å². The summed E-state index contributed by atoms with van der Waals surface area (Å²) in [6.07, 6.45) is 0. The average molecular weight is 312 g/mol. The van der Waals surface area contributed by atoms with Crippen LogP contribution in [0.15, 0.2) is 23.1 Å². The lowest BCUT2D eigenvalue weighted by molar-refractivity contribution is -0.133. The van der Waals surface area contributed by atoms with Crippen LogP contribution < -0.4 is 4.72 Å². The largest absolute Gasteiger partial charge is 0.378 e. The number of nitrogens with one attached hydrogen (secondary N) is 1. The first kappa shape index (κ1) is 15.9. The molecule has 0 unspecified atom stereocenters. The standard InChI is InChI=1S/C14H20N2O4S/c1-11-3-4-12(2)13(9-11)21(18,19)15-10-14(17)16-5-7-20-8-6-16/h3-4,9,15H,5-8,10H2,1-2H3. The number of nitrogens with zero attached hydrogens (tertiary/aromatic N) is 1. The van der Waals surface area contributed by atoms with Gasteiger partial charge in [-0.25, -0.2) is 13.1 Å². The molecule has 0 spiro atoms. The van der Waals surface area contributed by atoms with Crippen molar-refractivity contribution in [1.29, 1.82) is 0 Å². The number of amides is 1. The molecule has 1 aromatic carbocycles. The van der Waals surface area contributed by atoms with E-state index < -0.39 is 10.0 Å². The van der Waals surface area contributed by atoms with E-state index >= 15 is 0 Å². The van der Waals surface area contributed by atoms with Crippen LogP contribution in [0.1, 0.15) is 11.1 Å². The van der Waals surface area contributed by atoms with Crippen LogP contribution in [0.25, 0.3) is 0 Å². The summed E-state index contributed by atoms with van der Waals surface area (Å²) in [4.78, 5) is 13.8. The normalized spacial score (nSPS) is 16.0. The number of hydrogen-bond donors (Lipinski definition) is 1. The summed E-state index contributed by atoms with van der Waals surface area (Å²) in [6, 6.07) is 5.22. The molecule has 1 heterocycles. The first-order chi connectivity index (χ1) is 9.90. The molecular weight excluding hydrogens is 292 g/mol. The number of ether oxygens (including phenoxy) is 1. The highest BCUT2D eigenvalue weighted by Crippen LogP contribution is 2.16. The smallest absolute Gasteiger partial charge is 0.241 e. The van der Waals surface area contributed by atoms with Gasteiger partial charge in [-0.3, -0.25) is 4.79 Å². The van der Waals surface area contributed by atoms with Crippen LogP contribution in [0.5, 0.6) is 0 Å². The van der Waals surface area contributed by atoms with Crippen molar-refractivity contribution in [3.05, 3.63) is 29.3 Å². The maximum atomic E-state index is 12.3. The number of aryl methyl sites for hydroxylation is 2. The summed E-state index contributed by atoms with van der Waals surface area (Å²) >= 11 is 0. The Morgan fingerprint density at radius 2 is 1.95 bits per heavy atom. The lowest BCUT2D eigenvalue weighted by atomic mass is 10.2. The maximum absolute atomic E-state index is 12.3. The molecule has 6 nitrogen and oxygen atoms in total. The Morgan fingerprint density at radius 3 is 2.62 bits per heavy atom. The highest BCUT2D eigenvalue weighted by Gasteiger charge is 2.21. The predicted octanol–water partition coefficient (Wildman–Crippen LogP) is 0.441. The molecule has 1 saturated heterocycles. The lowest BCUT2D eigenvalue weighted by Crippen LogP contribution is -2.45. The fraction of sp³-hybridized carbons (Fsp3) is 0.500. The molecule has 1 aliphatic heterocycles. The number of carbonyl (C=O) groups excluding carboxylic acids is 1. The third-order valence-electron chi connectivity index (χ3n) is 3.41. The molecule has 1 N–H and O–H groups in total. The van der Waals surface area contributed by atoms with Crippen LogP contribution in [0.4, 0.5) is 0 Å². The second kappa shape index (κ2) is 6.55. The van der Waals surface area contributed by atoms with E-state index in [1.807, 2.05) is 13.0 Å². The SMILES string of the molecule is Cc1ccc(C)c(S(=O)(=O)NCC(=O)N2CCOCC2)c1. The summed E-state index contributed by atoms with van der Waals surface area (Å²) in [6.45, 7) is 5.34. The highest BCUT2D eigenvalue weighted by molar-refractivity contribution is 7.89. The minimum absolute atomic E-state index is 0.220. The van der Waals surface area contributed by atoms with Gasteiger partial charge >= 0.3 is 0 Å². The molecule has 1 fully saturated rings. The number of sulfonamides is 1. The van der Waals surface area contributed by atoms with Crippen LogP contribution in [0, 0.1) is 13.8 Å². The van der Waals surface area contributed by atoms with Gasteiger partial charge in [-0.15, -0.1) is 0 Å². The van der Waals surface area contributed by atoms with E-state index in [4.69, 9.17) is 4.74 Å². The summed E-state index contributed by atoms with van der Waals surface area (Å²) in [5.41, 5.74) is 1.52. The van der Waals surface area contributed by atoms with Crippen molar-refractivity contribution < 1.29 is 17.9 Å². The fourth-order valence-corrected chi connectivity index (χ4v) is 3.46. The summed E-state index contributed by atoms with van der Waals surface area (Å²) < 4.78 is 32.1. The summed E-state index contributed by atoms with van der Waals surface area (Å²) in [5.74, 6) is -0.229. The van der Waals surface area contributed by atoms with Crippen molar-refractivity contribution in [3.63, 3.8) is 0 Å². The number of benzene rings is 1. The predicted molar refractivity (Wildman–Crippen MR) is 78.5 cm³/mol. The highest BCUT2D eigenvalue weighted by atomic mass is 32.2. The molecule has 1 aromatic rings. The van der Waals surface area contributed by atoms with E-state index in [0.717, 1.165) is 5.56 Å². The lowest BCUT2D eigenvalue weighted by Gasteiger charge is -2.26. The van der Waals surface area contributed by atoms with Gasteiger partial charge in [0.1, 0.15) is 0 Å². The zero-order chi connectivity index (χ0) is 15.5. The zero-order valence-electron chi connectivity index (χ0n) is 12.3. The number of rotatable bonds is 4. The number of carbonyl (C=O) groups is 1. The molecule has 0 atom stereocenters. The summed E-state index contributed by atoms with van der Waals surface area (Å²) in [5, 5.41) is 0. The molecule has 2 rings (SSSR count). The molecule has 0 aromatic heterocycles. The monoisotopic (exact) mass is 312 g/mol. The van der Waals surface area contributed by atoms with Gasteiger partial charge in [0.15, 0.2) is 0 Å². The van der Waals surface area contributed by atoms with Crippen molar-refractivity contribution in [2.24, 2.45) is 0 Å². The molecule has 1 amide bonds. The topological polar surface area (TPSA) is 75.7 Å². The van der Waals surface area contributed by atoms with Gasteiger partial charge in [-0.2, -0.15) is 0 Å². The van der Waals surface area contributed by atoms with Crippen molar-refractivity contribution in [3.8, 4) is 0 Å².